The summed E-state index contributed by atoms with van der Waals surface area (Å²) in [6.07, 6.45) is -0.0832. The van der Waals surface area contributed by atoms with Crippen molar-refractivity contribution >= 4 is 10.9 Å². The van der Waals surface area contributed by atoms with Crippen LogP contribution in [0.15, 0.2) is 48.7 Å². The van der Waals surface area contributed by atoms with Crippen LogP contribution >= 0.6 is 0 Å². The van der Waals surface area contributed by atoms with E-state index in [0.29, 0.717) is 10.9 Å². The van der Waals surface area contributed by atoms with E-state index in [1.807, 2.05) is 6.07 Å². The first-order valence-electron chi connectivity index (χ1n) is 8.16. The van der Waals surface area contributed by atoms with Gasteiger partial charge in [-0.3, -0.25) is 10.3 Å². The lowest BCUT2D eigenvalue weighted by molar-refractivity contribution is 0.111. The van der Waals surface area contributed by atoms with Gasteiger partial charge >= 0.3 is 0 Å². The number of hydrogen-bond donors (Lipinski definition) is 2. The molecule has 1 heterocycles. The number of aromatic nitrogens is 1. The Morgan fingerprint density at radius 2 is 1.96 bits per heavy atom. The molecule has 27 heavy (non-hydrogen) atoms. The summed E-state index contributed by atoms with van der Waals surface area (Å²) in [7, 11) is 0. The molecule has 2 N–H and O–H groups in total. The van der Waals surface area contributed by atoms with Crippen LogP contribution in [-0.2, 0) is 6.42 Å². The summed E-state index contributed by atoms with van der Waals surface area (Å²) in [6.45, 7) is 1.49. The smallest absolute Gasteiger partial charge is 0.149 e. The standard InChI is InChI=1S/C20H16F3N3O/c1-20(11-24,9-13-5-6-15(21)8-17(13)23)26-19(27)14-7-12-3-2-4-16(22)18(12)25-10-14/h2-8,10,19,26-27H,9H2,1H3. The first kappa shape index (κ1) is 18.8. The number of benzene rings is 2. The van der Waals surface area contributed by atoms with E-state index in [0.717, 1.165) is 12.1 Å². The van der Waals surface area contributed by atoms with E-state index >= 15 is 0 Å². The molecular formula is C20H16F3N3O. The third kappa shape index (κ3) is 4.08. The molecule has 2 atom stereocenters. The van der Waals surface area contributed by atoms with E-state index in [1.165, 1.54) is 31.3 Å². The Balaban J connectivity index is 1.84. The third-order valence-corrected chi connectivity index (χ3v) is 4.26. The summed E-state index contributed by atoms with van der Waals surface area (Å²) in [5.41, 5.74) is -0.701. The Labute approximate surface area is 153 Å². The quantitative estimate of drug-likeness (QED) is 0.670. The summed E-state index contributed by atoms with van der Waals surface area (Å²) in [5.74, 6) is -1.96. The molecule has 0 aliphatic heterocycles. The van der Waals surface area contributed by atoms with Crippen LogP contribution < -0.4 is 5.32 Å². The van der Waals surface area contributed by atoms with Crippen molar-refractivity contribution < 1.29 is 18.3 Å². The van der Waals surface area contributed by atoms with Crippen LogP contribution in [0.3, 0.4) is 0 Å². The number of para-hydroxylation sites is 1. The van der Waals surface area contributed by atoms with E-state index in [-0.39, 0.29) is 17.5 Å². The molecule has 7 heteroatoms. The van der Waals surface area contributed by atoms with Crippen molar-refractivity contribution in [2.45, 2.75) is 25.1 Å². The minimum Gasteiger partial charge on any atom is -0.374 e. The van der Waals surface area contributed by atoms with Gasteiger partial charge in [0.15, 0.2) is 0 Å². The van der Waals surface area contributed by atoms with Crippen LogP contribution in [0, 0.1) is 28.8 Å². The van der Waals surface area contributed by atoms with E-state index in [2.05, 4.69) is 10.3 Å². The molecule has 2 aromatic carbocycles. The highest BCUT2D eigenvalue weighted by Gasteiger charge is 2.29. The maximum Gasteiger partial charge on any atom is 0.149 e. The molecule has 0 saturated carbocycles. The number of halogens is 3. The molecule has 0 aliphatic carbocycles. The van der Waals surface area contributed by atoms with Gasteiger partial charge in [-0.25, -0.2) is 13.2 Å². The Morgan fingerprint density at radius 3 is 2.67 bits per heavy atom. The van der Waals surface area contributed by atoms with Gasteiger partial charge in [0, 0.05) is 29.6 Å². The number of aliphatic hydroxyl groups excluding tert-OH is 1. The van der Waals surface area contributed by atoms with Gasteiger partial charge in [-0.05, 0) is 30.7 Å². The molecule has 0 amide bonds. The highest BCUT2D eigenvalue weighted by Crippen LogP contribution is 2.23. The Morgan fingerprint density at radius 1 is 1.19 bits per heavy atom. The normalized spacial score (nSPS) is 14.5. The van der Waals surface area contributed by atoms with Gasteiger partial charge in [0.1, 0.15) is 34.7 Å². The molecule has 1 aromatic heterocycles. The molecule has 0 aliphatic rings. The lowest BCUT2D eigenvalue weighted by Crippen LogP contribution is -2.45. The Kier molecular flexibility index (Phi) is 5.13. The lowest BCUT2D eigenvalue weighted by Gasteiger charge is -2.27. The van der Waals surface area contributed by atoms with Gasteiger partial charge in [0.05, 0.1) is 6.07 Å². The highest BCUT2D eigenvalue weighted by molar-refractivity contribution is 5.79. The molecule has 4 nitrogen and oxygen atoms in total. The Bertz CT molecular complexity index is 1030. The second kappa shape index (κ2) is 7.35. The number of nitriles is 1. The number of fused-ring (bicyclic) bond motifs is 1. The molecule has 0 fully saturated rings. The van der Waals surface area contributed by atoms with Gasteiger partial charge in [-0.2, -0.15) is 5.26 Å². The predicted octanol–water partition coefficient (Wildman–Crippen LogP) is 3.76. The molecular weight excluding hydrogens is 355 g/mol. The average molecular weight is 371 g/mol. The number of aliphatic hydroxyl groups is 1. The molecule has 0 radical (unpaired) electrons. The Hall–Kier alpha value is -2.95. The van der Waals surface area contributed by atoms with Crippen molar-refractivity contribution in [2.24, 2.45) is 0 Å². The van der Waals surface area contributed by atoms with Crippen LogP contribution in [0.25, 0.3) is 10.9 Å². The van der Waals surface area contributed by atoms with Gasteiger partial charge in [0.2, 0.25) is 0 Å². The van der Waals surface area contributed by atoms with E-state index in [1.54, 1.807) is 12.1 Å². The molecule has 0 spiro atoms. The van der Waals surface area contributed by atoms with Crippen molar-refractivity contribution in [1.82, 2.24) is 10.3 Å². The van der Waals surface area contributed by atoms with E-state index in [9.17, 15) is 23.5 Å². The predicted molar refractivity (Wildman–Crippen MR) is 93.9 cm³/mol. The summed E-state index contributed by atoms with van der Waals surface area (Å²) in [4.78, 5) is 4.01. The fraction of sp³-hybridized carbons (Fsp3) is 0.200. The number of pyridine rings is 1. The van der Waals surface area contributed by atoms with Crippen LogP contribution in [-0.4, -0.2) is 15.6 Å². The summed E-state index contributed by atoms with van der Waals surface area (Å²) in [6, 6.07) is 11.1. The van der Waals surface area contributed by atoms with Crippen LogP contribution in [0.5, 0.6) is 0 Å². The number of nitrogens with zero attached hydrogens (tertiary/aromatic N) is 2. The van der Waals surface area contributed by atoms with Gasteiger partial charge < -0.3 is 5.11 Å². The van der Waals surface area contributed by atoms with E-state index < -0.39 is 29.2 Å². The largest absolute Gasteiger partial charge is 0.374 e. The monoisotopic (exact) mass is 371 g/mol. The third-order valence-electron chi connectivity index (χ3n) is 4.26. The maximum absolute atomic E-state index is 13.9. The number of rotatable bonds is 5. The second-order valence-corrected chi connectivity index (χ2v) is 6.48. The molecule has 0 bridgehead atoms. The summed E-state index contributed by atoms with van der Waals surface area (Å²) in [5, 5.41) is 23.2. The fourth-order valence-electron chi connectivity index (χ4n) is 2.84. The second-order valence-electron chi connectivity index (χ2n) is 6.48. The van der Waals surface area contributed by atoms with Crippen molar-refractivity contribution in [3.63, 3.8) is 0 Å². The average Bonchev–Trinajstić information content (AvgIpc) is 2.64. The van der Waals surface area contributed by atoms with Gasteiger partial charge in [0.25, 0.3) is 0 Å². The minimum atomic E-state index is -1.34. The van der Waals surface area contributed by atoms with Gasteiger partial charge in [-0.15, -0.1) is 0 Å². The summed E-state index contributed by atoms with van der Waals surface area (Å²) < 4.78 is 40.7. The summed E-state index contributed by atoms with van der Waals surface area (Å²) >= 11 is 0. The zero-order chi connectivity index (χ0) is 19.6. The number of hydrogen-bond acceptors (Lipinski definition) is 4. The first-order valence-corrected chi connectivity index (χ1v) is 8.16. The molecule has 0 saturated heterocycles. The van der Waals surface area contributed by atoms with Crippen LogP contribution in [0.1, 0.15) is 24.3 Å². The SMILES string of the molecule is CC(C#N)(Cc1ccc(F)cc1F)NC(O)c1cnc2c(F)cccc2c1. The molecule has 3 rings (SSSR count). The molecule has 3 aromatic rings. The highest BCUT2D eigenvalue weighted by atomic mass is 19.1. The van der Waals surface area contributed by atoms with E-state index in [4.69, 9.17) is 0 Å². The minimum absolute atomic E-state index is 0.0949. The first-order chi connectivity index (χ1) is 12.8. The molecule has 2 unspecified atom stereocenters. The zero-order valence-corrected chi connectivity index (χ0v) is 14.4. The topological polar surface area (TPSA) is 68.9 Å². The van der Waals surface area contributed by atoms with Crippen molar-refractivity contribution in [3.05, 3.63) is 77.2 Å². The number of nitrogens with one attached hydrogen (secondary N) is 1. The lowest BCUT2D eigenvalue weighted by atomic mass is 9.93. The van der Waals surface area contributed by atoms with Crippen molar-refractivity contribution in [3.8, 4) is 6.07 Å². The van der Waals surface area contributed by atoms with Crippen LogP contribution in [0.2, 0.25) is 0 Å². The van der Waals surface area contributed by atoms with Crippen molar-refractivity contribution in [2.75, 3.05) is 0 Å². The van der Waals surface area contributed by atoms with Gasteiger partial charge in [-0.1, -0.05) is 18.2 Å². The fourth-order valence-corrected chi connectivity index (χ4v) is 2.84. The maximum atomic E-state index is 13.9. The van der Waals surface area contributed by atoms with Crippen LogP contribution in [0.4, 0.5) is 13.2 Å². The van der Waals surface area contributed by atoms with Crippen molar-refractivity contribution in [1.29, 1.82) is 5.26 Å². The molecule has 138 valence electrons. The zero-order valence-electron chi connectivity index (χ0n) is 14.4.